The maximum absolute atomic E-state index is 12.3. The predicted octanol–water partition coefficient (Wildman–Crippen LogP) is 5.15. The second-order valence-electron chi connectivity index (χ2n) is 6.00. The summed E-state index contributed by atoms with van der Waals surface area (Å²) in [5.74, 6) is 2.02. The van der Waals surface area contributed by atoms with E-state index in [-0.39, 0.29) is 39.5 Å². The van der Waals surface area contributed by atoms with Crippen molar-refractivity contribution >= 4 is 57.9 Å². The van der Waals surface area contributed by atoms with Gasteiger partial charge in [-0.1, -0.05) is 29.1 Å². The van der Waals surface area contributed by atoms with E-state index in [0.29, 0.717) is 11.1 Å². The van der Waals surface area contributed by atoms with Crippen LogP contribution in [0.25, 0.3) is 6.08 Å². The number of nitro groups is 1. The summed E-state index contributed by atoms with van der Waals surface area (Å²) in [7, 11) is 0. The molecule has 3 rings (SSSR count). The van der Waals surface area contributed by atoms with Gasteiger partial charge in [-0.15, -0.1) is 6.42 Å². The van der Waals surface area contributed by atoms with Crippen molar-refractivity contribution in [1.82, 2.24) is 4.90 Å². The van der Waals surface area contributed by atoms with E-state index in [1.165, 1.54) is 18.2 Å². The Bertz CT molecular complexity index is 1090. The number of carbonyl (C=O) groups is 2. The van der Waals surface area contributed by atoms with Crippen LogP contribution >= 0.6 is 35.0 Å². The van der Waals surface area contributed by atoms with Crippen LogP contribution in [0.2, 0.25) is 10.0 Å². The number of terminal acetylenes is 1. The standard InChI is InChI=1S/C20H12Cl2N2O5S/c1-2-7-23-19(25)17(30-20(23)26)10-13-8-15(21)18(16(22)9-13)29-11-12-3-5-14(6-4-12)24(27)28/h1,3-6,8-10H,7,11H2/b17-10-. The minimum atomic E-state index is -0.488. The molecule has 10 heteroatoms. The van der Waals surface area contributed by atoms with E-state index in [0.717, 1.165) is 16.7 Å². The molecule has 0 atom stereocenters. The maximum atomic E-state index is 12.3. The number of hydrogen-bond acceptors (Lipinski definition) is 6. The van der Waals surface area contributed by atoms with Crippen molar-refractivity contribution in [2.24, 2.45) is 0 Å². The number of rotatable bonds is 6. The van der Waals surface area contributed by atoms with Crippen molar-refractivity contribution in [3.8, 4) is 18.1 Å². The predicted molar refractivity (Wildman–Crippen MR) is 115 cm³/mol. The number of non-ortho nitro benzene ring substituents is 1. The summed E-state index contributed by atoms with van der Waals surface area (Å²) in [5, 5.41) is 10.7. The quantitative estimate of drug-likeness (QED) is 0.255. The highest BCUT2D eigenvalue weighted by atomic mass is 35.5. The van der Waals surface area contributed by atoms with Gasteiger partial charge in [0, 0.05) is 12.1 Å². The topological polar surface area (TPSA) is 89.8 Å². The molecule has 1 fully saturated rings. The van der Waals surface area contributed by atoms with Gasteiger partial charge in [-0.25, -0.2) is 0 Å². The number of amides is 2. The molecule has 1 aliphatic heterocycles. The third-order valence-electron chi connectivity index (χ3n) is 3.97. The van der Waals surface area contributed by atoms with Crippen LogP contribution in [0.3, 0.4) is 0 Å². The van der Waals surface area contributed by atoms with Gasteiger partial charge < -0.3 is 4.74 Å². The van der Waals surface area contributed by atoms with Gasteiger partial charge in [-0.2, -0.15) is 0 Å². The molecule has 2 aromatic rings. The molecule has 0 N–H and O–H groups in total. The number of benzene rings is 2. The molecule has 30 heavy (non-hydrogen) atoms. The second-order valence-corrected chi connectivity index (χ2v) is 7.81. The van der Waals surface area contributed by atoms with Crippen LogP contribution in [0, 0.1) is 22.5 Å². The largest absolute Gasteiger partial charge is 0.486 e. The minimum absolute atomic E-state index is 0.0224. The molecule has 0 aromatic heterocycles. The Morgan fingerprint density at radius 1 is 1.20 bits per heavy atom. The molecule has 2 aromatic carbocycles. The number of nitrogens with zero attached hydrogens (tertiary/aromatic N) is 2. The number of halogens is 2. The zero-order valence-electron chi connectivity index (χ0n) is 15.1. The molecule has 0 bridgehead atoms. The molecule has 0 unspecified atom stereocenters. The van der Waals surface area contributed by atoms with Crippen molar-refractivity contribution in [1.29, 1.82) is 0 Å². The van der Waals surface area contributed by atoms with Gasteiger partial charge in [0.05, 0.1) is 26.4 Å². The van der Waals surface area contributed by atoms with Gasteiger partial charge in [0.25, 0.3) is 16.8 Å². The van der Waals surface area contributed by atoms with Crippen molar-refractivity contribution < 1.29 is 19.2 Å². The molecule has 152 valence electrons. The van der Waals surface area contributed by atoms with Gasteiger partial charge >= 0.3 is 0 Å². The Labute approximate surface area is 185 Å². The number of hydrogen-bond donors (Lipinski definition) is 0. The Kier molecular flexibility index (Phi) is 6.67. The highest BCUT2D eigenvalue weighted by molar-refractivity contribution is 8.18. The van der Waals surface area contributed by atoms with Crippen LogP contribution in [0.5, 0.6) is 5.75 Å². The van der Waals surface area contributed by atoms with E-state index in [2.05, 4.69) is 5.92 Å². The number of nitro benzene ring substituents is 1. The molecule has 1 heterocycles. The average molecular weight is 463 g/mol. The maximum Gasteiger partial charge on any atom is 0.294 e. The van der Waals surface area contributed by atoms with Crippen LogP contribution in [0.15, 0.2) is 41.3 Å². The van der Waals surface area contributed by atoms with Crippen LogP contribution < -0.4 is 4.74 Å². The SMILES string of the molecule is C#CCN1C(=O)S/C(=C\c2cc(Cl)c(OCc3ccc([N+](=O)[O-])cc3)c(Cl)c2)C1=O. The summed E-state index contributed by atoms with van der Waals surface area (Å²) in [4.78, 5) is 35.5. The summed E-state index contributed by atoms with van der Waals surface area (Å²) < 4.78 is 5.66. The van der Waals surface area contributed by atoms with Crippen molar-refractivity contribution in [2.75, 3.05) is 6.54 Å². The van der Waals surface area contributed by atoms with Gasteiger partial charge in [0.1, 0.15) is 6.61 Å². The lowest BCUT2D eigenvalue weighted by molar-refractivity contribution is -0.384. The lowest BCUT2D eigenvalue weighted by Crippen LogP contribution is -2.28. The van der Waals surface area contributed by atoms with Crippen molar-refractivity contribution in [2.45, 2.75) is 6.61 Å². The van der Waals surface area contributed by atoms with E-state index < -0.39 is 16.1 Å². The molecule has 1 saturated heterocycles. The third-order valence-corrected chi connectivity index (χ3v) is 5.44. The summed E-state index contributed by atoms with van der Waals surface area (Å²) >= 11 is 13.3. The number of carbonyl (C=O) groups excluding carboxylic acids is 2. The zero-order chi connectivity index (χ0) is 21.8. The van der Waals surface area contributed by atoms with Gasteiger partial charge in [0.2, 0.25) is 0 Å². The summed E-state index contributed by atoms with van der Waals surface area (Å²) in [6.45, 7) is 0.000694. The average Bonchev–Trinajstić information content (AvgIpc) is 2.95. The van der Waals surface area contributed by atoms with E-state index in [1.807, 2.05) is 0 Å². The fourth-order valence-corrected chi connectivity index (χ4v) is 4.00. The van der Waals surface area contributed by atoms with E-state index >= 15 is 0 Å². The molecule has 2 amide bonds. The summed E-state index contributed by atoms with van der Waals surface area (Å²) in [6, 6.07) is 8.99. The molecule has 1 aliphatic rings. The van der Waals surface area contributed by atoms with E-state index in [9.17, 15) is 19.7 Å². The number of ether oxygens (including phenoxy) is 1. The van der Waals surface area contributed by atoms with E-state index in [1.54, 1.807) is 24.3 Å². The molecule has 7 nitrogen and oxygen atoms in total. The first-order valence-electron chi connectivity index (χ1n) is 8.34. The smallest absolute Gasteiger partial charge is 0.294 e. The fraction of sp³-hybridized carbons (Fsp3) is 0.100. The molecular formula is C20H12Cl2N2O5S. The highest BCUT2D eigenvalue weighted by Crippen LogP contribution is 2.37. The van der Waals surface area contributed by atoms with Gasteiger partial charge in [0.15, 0.2) is 5.75 Å². The first-order chi connectivity index (χ1) is 14.3. The molecule has 0 radical (unpaired) electrons. The molecule has 0 aliphatic carbocycles. The van der Waals surface area contributed by atoms with Gasteiger partial charge in [-0.05, 0) is 53.2 Å². The third kappa shape index (κ3) is 4.76. The highest BCUT2D eigenvalue weighted by Gasteiger charge is 2.34. The summed E-state index contributed by atoms with van der Waals surface area (Å²) in [6.07, 6.45) is 6.67. The lowest BCUT2D eigenvalue weighted by atomic mass is 10.2. The van der Waals surface area contributed by atoms with Crippen molar-refractivity contribution in [3.05, 3.63) is 72.6 Å². The second kappa shape index (κ2) is 9.22. The first kappa shape index (κ1) is 21.7. The first-order valence-corrected chi connectivity index (χ1v) is 9.91. The van der Waals surface area contributed by atoms with Crippen LogP contribution in [-0.4, -0.2) is 27.5 Å². The fourth-order valence-electron chi connectivity index (χ4n) is 2.55. The molecular weight excluding hydrogens is 451 g/mol. The Hall–Kier alpha value is -2.99. The van der Waals surface area contributed by atoms with Gasteiger partial charge in [-0.3, -0.25) is 24.6 Å². The Balaban J connectivity index is 1.76. The van der Waals surface area contributed by atoms with Crippen molar-refractivity contribution in [3.63, 3.8) is 0 Å². The van der Waals surface area contributed by atoms with Crippen LogP contribution in [0.1, 0.15) is 11.1 Å². The Morgan fingerprint density at radius 3 is 2.40 bits per heavy atom. The van der Waals surface area contributed by atoms with Crippen LogP contribution in [-0.2, 0) is 11.4 Å². The minimum Gasteiger partial charge on any atom is -0.486 e. The van der Waals surface area contributed by atoms with Crippen LogP contribution in [0.4, 0.5) is 10.5 Å². The molecule has 0 spiro atoms. The Morgan fingerprint density at radius 2 is 1.83 bits per heavy atom. The zero-order valence-corrected chi connectivity index (χ0v) is 17.5. The van der Waals surface area contributed by atoms with E-state index in [4.69, 9.17) is 34.4 Å². The number of thioether (sulfide) groups is 1. The number of imide groups is 1. The molecule has 0 saturated carbocycles. The normalized spacial score (nSPS) is 14.8. The lowest BCUT2D eigenvalue weighted by Gasteiger charge is -2.11. The summed E-state index contributed by atoms with van der Waals surface area (Å²) in [5.41, 5.74) is 1.18. The monoisotopic (exact) mass is 462 g/mol.